The highest BCUT2D eigenvalue weighted by molar-refractivity contribution is 5.93. The summed E-state index contributed by atoms with van der Waals surface area (Å²) in [4.78, 5) is 32.0. The fourth-order valence-corrected chi connectivity index (χ4v) is 7.03. The zero-order chi connectivity index (χ0) is 36.7. The molecule has 3 heterocycles. The smallest absolute Gasteiger partial charge is 0.269 e. The van der Waals surface area contributed by atoms with Crippen LogP contribution < -0.4 is 10.2 Å². The zero-order valence-corrected chi connectivity index (χ0v) is 29.6. The molecule has 0 saturated carbocycles. The van der Waals surface area contributed by atoms with Gasteiger partial charge in [-0.3, -0.25) is 24.8 Å². The molecule has 1 amide bonds. The van der Waals surface area contributed by atoms with Gasteiger partial charge in [0.05, 0.1) is 29.3 Å². The van der Waals surface area contributed by atoms with Crippen molar-refractivity contribution in [2.45, 2.75) is 38.6 Å². The number of nitrogens with zero attached hydrogens (tertiary/aromatic N) is 4. The second kappa shape index (κ2) is 16.5. The Bertz CT molecular complexity index is 1980. The van der Waals surface area contributed by atoms with Gasteiger partial charge in [-0.2, -0.15) is 0 Å². The van der Waals surface area contributed by atoms with E-state index in [0.717, 1.165) is 71.8 Å². The maximum atomic E-state index is 12.5. The number of benzene rings is 4. The fraction of sp³-hybridized carbons (Fsp3) is 0.286. The van der Waals surface area contributed by atoms with E-state index in [4.69, 9.17) is 9.47 Å². The number of aromatic nitrogens is 1. The van der Waals surface area contributed by atoms with Crippen molar-refractivity contribution in [3.05, 3.63) is 160 Å². The SMILES string of the molecule is CC1C(CN2CCN(c3ccc([N+](=O)[O-])cc3)CC2)OC(c2ccc(-c3cccc(CNC(=O)c4cccnc4)c3)cc2)OC1c1ccc(CO)cc1. The van der Waals surface area contributed by atoms with E-state index in [1.165, 1.54) is 0 Å². The number of carbonyl (C=O) groups is 1. The molecule has 11 heteroatoms. The van der Waals surface area contributed by atoms with Crippen molar-refractivity contribution in [2.75, 3.05) is 37.6 Å². The minimum Gasteiger partial charge on any atom is -0.392 e. The topological polar surface area (TPSA) is 130 Å². The number of hydrogen-bond acceptors (Lipinski definition) is 9. The molecular formula is C42H43N5O6. The molecule has 53 heavy (non-hydrogen) atoms. The summed E-state index contributed by atoms with van der Waals surface area (Å²) >= 11 is 0. The number of anilines is 1. The van der Waals surface area contributed by atoms with Crippen LogP contribution in [0.5, 0.6) is 0 Å². The molecule has 0 spiro atoms. The lowest BCUT2D eigenvalue weighted by atomic mass is 9.89. The number of piperazine rings is 1. The largest absolute Gasteiger partial charge is 0.392 e. The second-order valence-corrected chi connectivity index (χ2v) is 13.6. The lowest BCUT2D eigenvalue weighted by molar-refractivity contribution is -0.384. The molecule has 2 aliphatic rings. The van der Waals surface area contributed by atoms with Crippen LogP contribution in [-0.2, 0) is 22.6 Å². The lowest BCUT2D eigenvalue weighted by Gasteiger charge is -2.44. The molecule has 7 rings (SSSR count). The van der Waals surface area contributed by atoms with E-state index >= 15 is 0 Å². The number of ether oxygens (including phenoxy) is 2. The first kappa shape index (κ1) is 35.9. The van der Waals surface area contributed by atoms with Crippen LogP contribution in [0.4, 0.5) is 11.4 Å². The van der Waals surface area contributed by atoms with E-state index < -0.39 is 6.29 Å². The van der Waals surface area contributed by atoms with Gasteiger partial charge in [0.1, 0.15) is 0 Å². The Kier molecular flexibility index (Phi) is 11.2. The second-order valence-electron chi connectivity index (χ2n) is 13.6. The van der Waals surface area contributed by atoms with E-state index in [2.05, 4.69) is 63.4 Å². The van der Waals surface area contributed by atoms with Gasteiger partial charge in [-0.05, 0) is 58.1 Å². The maximum absolute atomic E-state index is 12.5. The van der Waals surface area contributed by atoms with Crippen LogP contribution in [0, 0.1) is 16.0 Å². The first-order chi connectivity index (χ1) is 25.8. The van der Waals surface area contributed by atoms with Crippen LogP contribution in [0.3, 0.4) is 0 Å². The Morgan fingerprint density at radius 3 is 2.28 bits per heavy atom. The summed E-state index contributed by atoms with van der Waals surface area (Å²) in [5, 5.41) is 23.7. The number of amides is 1. The molecular weight excluding hydrogens is 670 g/mol. The third-order valence-corrected chi connectivity index (χ3v) is 10.2. The van der Waals surface area contributed by atoms with Crippen LogP contribution >= 0.6 is 0 Å². The first-order valence-electron chi connectivity index (χ1n) is 17.9. The van der Waals surface area contributed by atoms with Crippen molar-refractivity contribution in [1.29, 1.82) is 0 Å². The molecule has 2 fully saturated rings. The molecule has 4 unspecified atom stereocenters. The summed E-state index contributed by atoms with van der Waals surface area (Å²) in [6, 6.07) is 34.6. The monoisotopic (exact) mass is 713 g/mol. The third-order valence-electron chi connectivity index (χ3n) is 10.2. The molecule has 4 aromatic carbocycles. The molecule has 0 aliphatic carbocycles. The molecule has 272 valence electrons. The van der Waals surface area contributed by atoms with Crippen molar-refractivity contribution in [1.82, 2.24) is 15.2 Å². The van der Waals surface area contributed by atoms with Gasteiger partial charge in [0.25, 0.3) is 11.6 Å². The molecule has 11 nitrogen and oxygen atoms in total. The van der Waals surface area contributed by atoms with Crippen molar-refractivity contribution in [3.8, 4) is 11.1 Å². The van der Waals surface area contributed by atoms with E-state index in [9.17, 15) is 20.0 Å². The minimum absolute atomic E-state index is 0.0170. The fourth-order valence-electron chi connectivity index (χ4n) is 7.03. The lowest BCUT2D eigenvalue weighted by Crippen LogP contribution is -2.51. The highest BCUT2D eigenvalue weighted by atomic mass is 16.7. The van der Waals surface area contributed by atoms with Crippen molar-refractivity contribution in [2.24, 2.45) is 5.92 Å². The normalized spacial score (nSPS) is 20.5. The highest BCUT2D eigenvalue weighted by Crippen LogP contribution is 2.42. The Balaban J connectivity index is 1.04. The molecule has 2 aliphatic heterocycles. The van der Waals surface area contributed by atoms with Gasteiger partial charge in [-0.25, -0.2) is 0 Å². The van der Waals surface area contributed by atoms with Gasteiger partial charge in [-0.1, -0.05) is 73.7 Å². The van der Waals surface area contributed by atoms with Crippen LogP contribution in [0.2, 0.25) is 0 Å². The van der Waals surface area contributed by atoms with Gasteiger partial charge < -0.3 is 24.8 Å². The zero-order valence-electron chi connectivity index (χ0n) is 29.6. The standard InChI is InChI=1S/C42H43N5O6/c1-29-39(27-45-20-22-46(23-21-45)37-15-17-38(18-16-37)47(50)51)52-42(53-40(29)33-9-7-30(28-48)8-10-33)34-13-11-32(12-14-34)35-5-2-4-31(24-35)25-44-41(49)36-6-3-19-43-26-36/h2-19,24,26,29,39-40,42,48H,20-23,25,27-28H2,1H3,(H,44,49). The number of aliphatic hydroxyl groups excluding tert-OH is 1. The summed E-state index contributed by atoms with van der Waals surface area (Å²) in [7, 11) is 0. The summed E-state index contributed by atoms with van der Waals surface area (Å²) < 4.78 is 13.5. The predicted octanol–water partition coefficient (Wildman–Crippen LogP) is 6.69. The number of pyridine rings is 1. The molecule has 5 aromatic rings. The molecule has 0 radical (unpaired) electrons. The molecule has 4 atom stereocenters. The Morgan fingerprint density at radius 2 is 1.60 bits per heavy atom. The Hall–Kier alpha value is -5.46. The Labute approximate surface area is 309 Å². The molecule has 0 bridgehead atoms. The summed E-state index contributed by atoms with van der Waals surface area (Å²) in [5.41, 5.74) is 7.48. The number of rotatable bonds is 11. The van der Waals surface area contributed by atoms with E-state index in [1.54, 1.807) is 36.7 Å². The van der Waals surface area contributed by atoms with Crippen molar-refractivity contribution < 1.29 is 24.3 Å². The minimum atomic E-state index is -0.580. The van der Waals surface area contributed by atoms with E-state index in [0.29, 0.717) is 12.1 Å². The third kappa shape index (κ3) is 8.61. The van der Waals surface area contributed by atoms with Gasteiger partial charge in [0.15, 0.2) is 6.29 Å². The predicted molar refractivity (Wildman–Crippen MR) is 202 cm³/mol. The highest BCUT2D eigenvalue weighted by Gasteiger charge is 2.39. The Morgan fingerprint density at radius 1 is 0.868 bits per heavy atom. The van der Waals surface area contributed by atoms with Gasteiger partial charge >= 0.3 is 0 Å². The van der Waals surface area contributed by atoms with Crippen LogP contribution in [-0.4, -0.2) is 64.6 Å². The van der Waals surface area contributed by atoms with Crippen molar-refractivity contribution >= 4 is 17.3 Å². The number of carbonyl (C=O) groups excluding carboxylic acids is 1. The summed E-state index contributed by atoms with van der Waals surface area (Å²) in [5.74, 6) is -0.111. The molecule has 2 N–H and O–H groups in total. The number of non-ortho nitro benzene ring substituents is 1. The number of hydrogen-bond donors (Lipinski definition) is 2. The van der Waals surface area contributed by atoms with Gasteiger partial charge in [0, 0.05) is 81.0 Å². The quantitative estimate of drug-likeness (QED) is 0.114. The first-order valence-corrected chi connectivity index (χ1v) is 17.9. The van der Waals surface area contributed by atoms with Crippen molar-refractivity contribution in [3.63, 3.8) is 0 Å². The molecule has 1 aromatic heterocycles. The summed E-state index contributed by atoms with van der Waals surface area (Å²) in [6.45, 7) is 6.59. The van der Waals surface area contributed by atoms with Gasteiger partial charge in [-0.15, -0.1) is 0 Å². The number of nitrogens with one attached hydrogen (secondary N) is 1. The van der Waals surface area contributed by atoms with E-state index in [-0.39, 0.29) is 41.3 Å². The number of aliphatic hydroxyl groups is 1. The van der Waals surface area contributed by atoms with Crippen LogP contribution in [0.25, 0.3) is 11.1 Å². The van der Waals surface area contributed by atoms with Gasteiger partial charge in [0.2, 0.25) is 0 Å². The van der Waals surface area contributed by atoms with E-state index in [1.807, 2.05) is 48.5 Å². The average molecular weight is 714 g/mol. The number of nitro benzene ring substituents is 1. The molecule has 2 saturated heterocycles. The summed E-state index contributed by atoms with van der Waals surface area (Å²) in [6.07, 6.45) is 2.29. The van der Waals surface area contributed by atoms with Crippen LogP contribution in [0.1, 0.15) is 51.9 Å². The maximum Gasteiger partial charge on any atom is 0.269 e. The average Bonchev–Trinajstić information content (AvgIpc) is 3.21. The van der Waals surface area contributed by atoms with Crippen LogP contribution in [0.15, 0.2) is 122 Å². The number of nitro groups is 1.